The normalized spacial score (nSPS) is 24.9. The van der Waals surface area contributed by atoms with Crippen LogP contribution >= 0.6 is 11.6 Å². The molecule has 4 unspecified atom stereocenters. The lowest BCUT2D eigenvalue weighted by Gasteiger charge is -2.30. The minimum absolute atomic E-state index is 0.142. The monoisotopic (exact) mass is 479 g/mol. The fourth-order valence-electron chi connectivity index (χ4n) is 4.83. The number of fused-ring (bicyclic) bond motifs is 3. The van der Waals surface area contributed by atoms with Gasteiger partial charge in [0.25, 0.3) is 5.69 Å². The van der Waals surface area contributed by atoms with Crippen molar-refractivity contribution in [3.05, 3.63) is 75.3 Å². The van der Waals surface area contributed by atoms with Crippen molar-refractivity contribution in [2.45, 2.75) is 19.0 Å². The predicted octanol–water partition coefficient (Wildman–Crippen LogP) is 2.91. The molecule has 34 heavy (non-hydrogen) atoms. The van der Waals surface area contributed by atoms with Gasteiger partial charge in [0.15, 0.2) is 0 Å². The molecule has 3 amide bonds. The fourth-order valence-corrected chi connectivity index (χ4v) is 4.95. The average Bonchev–Trinajstić information content (AvgIpc) is 3.28. The number of rotatable bonds is 4. The second kappa shape index (κ2) is 8.07. The van der Waals surface area contributed by atoms with Crippen LogP contribution in [0.3, 0.4) is 0 Å². The van der Waals surface area contributed by atoms with Crippen molar-refractivity contribution in [2.75, 3.05) is 10.2 Å². The summed E-state index contributed by atoms with van der Waals surface area (Å²) in [6, 6.07) is 8.88. The fraction of sp³-hybridized carbons (Fsp3) is 0.217. The third-order valence-corrected chi connectivity index (χ3v) is 6.56. The van der Waals surface area contributed by atoms with Crippen LogP contribution in [0.2, 0.25) is 5.02 Å². The number of hydrogen-bond donors (Lipinski definition) is 1. The summed E-state index contributed by atoms with van der Waals surface area (Å²) in [5.74, 6) is -3.28. The van der Waals surface area contributed by atoms with Gasteiger partial charge in [0, 0.05) is 29.1 Å². The molecule has 1 N–H and O–H groups in total. The third kappa shape index (κ3) is 3.34. The maximum Gasteiger partial charge on any atom is 0.269 e. The summed E-state index contributed by atoms with van der Waals surface area (Å²) in [5, 5.41) is 20.2. The van der Waals surface area contributed by atoms with E-state index >= 15 is 0 Å². The van der Waals surface area contributed by atoms with Gasteiger partial charge in [-0.3, -0.25) is 29.5 Å². The van der Waals surface area contributed by atoms with E-state index in [9.17, 15) is 24.5 Å². The van der Waals surface area contributed by atoms with Crippen molar-refractivity contribution >= 4 is 52.6 Å². The topological polar surface area (TPSA) is 125 Å². The maximum atomic E-state index is 13.6. The zero-order valence-electron chi connectivity index (χ0n) is 17.8. The van der Waals surface area contributed by atoms with Crippen LogP contribution < -0.4 is 10.2 Å². The molecule has 0 saturated carbocycles. The van der Waals surface area contributed by atoms with Crippen LogP contribution in [-0.4, -0.2) is 46.0 Å². The molecular formula is C23H18ClN5O5. The molecule has 0 aliphatic carbocycles. The highest BCUT2D eigenvalue weighted by molar-refractivity contribution is 6.30. The highest BCUT2D eigenvalue weighted by Gasteiger charge is 2.64. The van der Waals surface area contributed by atoms with Crippen LogP contribution in [0.5, 0.6) is 0 Å². The van der Waals surface area contributed by atoms with E-state index in [4.69, 9.17) is 11.6 Å². The van der Waals surface area contributed by atoms with Crippen molar-refractivity contribution < 1.29 is 19.3 Å². The molecule has 3 aliphatic rings. The lowest BCUT2D eigenvalue weighted by atomic mass is 9.88. The van der Waals surface area contributed by atoms with Crippen LogP contribution in [-0.2, 0) is 14.4 Å². The van der Waals surface area contributed by atoms with Gasteiger partial charge in [-0.05, 0) is 48.9 Å². The summed E-state index contributed by atoms with van der Waals surface area (Å²) < 4.78 is 0. The van der Waals surface area contributed by atoms with Crippen LogP contribution in [0, 0.1) is 28.9 Å². The lowest BCUT2D eigenvalue weighted by molar-refractivity contribution is -0.384. The summed E-state index contributed by atoms with van der Waals surface area (Å²) in [7, 11) is 0. The summed E-state index contributed by atoms with van der Waals surface area (Å²) >= 11 is 5.92. The molecular weight excluding hydrogens is 462 g/mol. The number of imide groups is 1. The SMILES string of the molecule is Cc1cc([N+](=O)[O-])ccc1N1C(=O)C2C(C1=O)C(C(=O)Nc1ccc(Cl)cc1)N1N=CC=CC21. The minimum Gasteiger partial charge on any atom is -0.324 e. The Kier molecular flexibility index (Phi) is 5.17. The number of aryl methyl sites for hydroxylation is 1. The van der Waals surface area contributed by atoms with E-state index in [0.717, 1.165) is 4.90 Å². The van der Waals surface area contributed by atoms with Gasteiger partial charge in [0.05, 0.1) is 28.5 Å². The van der Waals surface area contributed by atoms with Gasteiger partial charge in [0.1, 0.15) is 6.04 Å². The Morgan fingerprint density at radius 1 is 1.12 bits per heavy atom. The van der Waals surface area contributed by atoms with Gasteiger partial charge in [-0.15, -0.1) is 0 Å². The average molecular weight is 480 g/mol. The number of hydrogen-bond acceptors (Lipinski definition) is 7. The number of anilines is 2. The highest BCUT2D eigenvalue weighted by atomic mass is 35.5. The number of nitrogens with one attached hydrogen (secondary N) is 1. The second-order valence-corrected chi connectivity index (χ2v) is 8.69. The van der Waals surface area contributed by atoms with Crippen LogP contribution in [0.25, 0.3) is 0 Å². The Bertz CT molecular complexity index is 1290. The largest absolute Gasteiger partial charge is 0.324 e. The Morgan fingerprint density at radius 3 is 2.50 bits per heavy atom. The molecule has 2 aromatic carbocycles. The van der Waals surface area contributed by atoms with Crippen molar-refractivity contribution in [1.82, 2.24) is 5.01 Å². The Morgan fingerprint density at radius 2 is 1.82 bits per heavy atom. The van der Waals surface area contributed by atoms with Gasteiger partial charge < -0.3 is 5.32 Å². The van der Waals surface area contributed by atoms with E-state index < -0.39 is 46.6 Å². The second-order valence-electron chi connectivity index (χ2n) is 8.25. The van der Waals surface area contributed by atoms with Crippen molar-refractivity contribution in [2.24, 2.45) is 16.9 Å². The molecule has 11 heteroatoms. The Hall–Kier alpha value is -4.05. The standard InChI is InChI=1S/C23H18ClN5O5/c1-12-11-15(29(33)34)8-9-16(12)27-22(31)18-17-3-2-10-25-28(17)20(19(18)23(27)32)21(30)26-14-6-4-13(24)5-7-14/h2-11,17-20H,1H3,(H,26,30). The smallest absolute Gasteiger partial charge is 0.269 e. The van der Waals surface area contributed by atoms with E-state index in [1.54, 1.807) is 43.3 Å². The van der Waals surface area contributed by atoms with Crippen LogP contribution in [0.15, 0.2) is 59.7 Å². The molecule has 2 saturated heterocycles. The first-order valence-electron chi connectivity index (χ1n) is 10.5. The number of nitrogens with zero attached hydrogens (tertiary/aromatic N) is 4. The number of amides is 3. The molecule has 172 valence electrons. The van der Waals surface area contributed by atoms with Crippen LogP contribution in [0.1, 0.15) is 5.56 Å². The number of benzene rings is 2. The molecule has 2 fully saturated rings. The molecule has 0 radical (unpaired) electrons. The van der Waals surface area contributed by atoms with Crippen molar-refractivity contribution in [1.29, 1.82) is 0 Å². The Labute approximate surface area is 198 Å². The summed E-state index contributed by atoms with van der Waals surface area (Å²) in [6.45, 7) is 1.60. The zero-order chi connectivity index (χ0) is 24.1. The zero-order valence-corrected chi connectivity index (χ0v) is 18.5. The summed E-state index contributed by atoms with van der Waals surface area (Å²) in [6.07, 6.45) is 4.93. The first kappa shape index (κ1) is 21.8. The Balaban J connectivity index is 1.51. The summed E-state index contributed by atoms with van der Waals surface area (Å²) in [4.78, 5) is 52.0. The van der Waals surface area contributed by atoms with Crippen LogP contribution in [0.4, 0.5) is 17.1 Å². The lowest BCUT2D eigenvalue weighted by Crippen LogP contribution is -2.47. The molecule has 3 heterocycles. The molecule has 0 spiro atoms. The number of halogens is 1. The number of hydrazone groups is 1. The van der Waals surface area contributed by atoms with Crippen molar-refractivity contribution in [3.63, 3.8) is 0 Å². The number of non-ortho nitro benzene ring substituents is 1. The number of carbonyl (C=O) groups is 3. The predicted molar refractivity (Wildman–Crippen MR) is 124 cm³/mol. The third-order valence-electron chi connectivity index (χ3n) is 6.30. The van der Waals surface area contributed by atoms with Gasteiger partial charge >= 0.3 is 0 Å². The first-order chi connectivity index (χ1) is 16.3. The van der Waals surface area contributed by atoms with E-state index in [1.807, 2.05) is 0 Å². The van der Waals surface area contributed by atoms with E-state index in [0.29, 0.717) is 16.3 Å². The van der Waals surface area contributed by atoms with Crippen molar-refractivity contribution in [3.8, 4) is 0 Å². The van der Waals surface area contributed by atoms with Gasteiger partial charge in [0.2, 0.25) is 17.7 Å². The molecule has 0 aromatic heterocycles. The molecule has 0 bridgehead atoms. The molecule has 5 rings (SSSR count). The van der Waals surface area contributed by atoms with E-state index in [-0.39, 0.29) is 11.4 Å². The minimum atomic E-state index is -1.02. The molecule has 2 aromatic rings. The van der Waals surface area contributed by atoms with E-state index in [2.05, 4.69) is 10.4 Å². The number of nitro benzene ring substituents is 1. The first-order valence-corrected chi connectivity index (χ1v) is 10.8. The number of nitro groups is 1. The molecule has 10 nitrogen and oxygen atoms in total. The number of allylic oxidation sites excluding steroid dienone is 1. The molecule has 4 atom stereocenters. The quantitative estimate of drug-likeness (QED) is 0.408. The van der Waals surface area contributed by atoms with Gasteiger partial charge in [-0.25, -0.2) is 4.90 Å². The maximum absolute atomic E-state index is 13.6. The van der Waals surface area contributed by atoms with Gasteiger partial charge in [-0.2, -0.15) is 5.10 Å². The molecule has 3 aliphatic heterocycles. The highest BCUT2D eigenvalue weighted by Crippen LogP contribution is 2.46. The number of carbonyl (C=O) groups excluding carboxylic acids is 3. The van der Waals surface area contributed by atoms with Gasteiger partial charge in [-0.1, -0.05) is 17.7 Å². The summed E-state index contributed by atoms with van der Waals surface area (Å²) in [5.41, 5.74) is 1.02. The van der Waals surface area contributed by atoms with E-state index in [1.165, 1.54) is 29.4 Å².